The van der Waals surface area contributed by atoms with Gasteiger partial charge in [-0.3, -0.25) is 0 Å². The Balaban J connectivity index is 3.18. The van der Waals surface area contributed by atoms with Gasteiger partial charge in [0.2, 0.25) is 0 Å². The fourth-order valence-electron chi connectivity index (χ4n) is 1.65. The molecule has 0 bridgehead atoms. The standard InChI is InChI=1S/C10F7.Ca.HI/c11-2-1-3(12)6(13)5-4(2)7(14)9(16)10(17)8(5)15;;/h;;1H/q;+1;/p-1. The molecule has 9 heteroatoms. The molecule has 2 aromatic rings. The van der Waals surface area contributed by atoms with Crippen LogP contribution in [0.3, 0.4) is 0 Å². The first-order valence-corrected chi connectivity index (χ1v) is 12.9. The summed E-state index contributed by atoms with van der Waals surface area (Å²) >= 11 is -0.443. The zero-order chi connectivity index (χ0) is 14.5. The first-order chi connectivity index (χ1) is 8.82. The topological polar surface area (TPSA) is 0 Å². The van der Waals surface area contributed by atoms with Crippen LogP contribution in [0.4, 0.5) is 30.7 Å². The van der Waals surface area contributed by atoms with Crippen LogP contribution in [-0.2, 0) is 0 Å². The van der Waals surface area contributed by atoms with E-state index in [0.717, 1.165) is 0 Å². The Bertz CT molecular complexity index is 701. The van der Waals surface area contributed by atoms with Gasteiger partial charge in [0.1, 0.15) is 0 Å². The van der Waals surface area contributed by atoms with E-state index in [0.29, 0.717) is 0 Å². The Hall–Kier alpha value is 0.200. The maximum atomic E-state index is 13.8. The summed E-state index contributed by atoms with van der Waals surface area (Å²) in [6.45, 7) is 0. The van der Waals surface area contributed by atoms with Crippen molar-refractivity contribution in [3.63, 3.8) is 0 Å². The minimum absolute atomic E-state index is 0.692. The van der Waals surface area contributed by atoms with Crippen LogP contribution in [0.15, 0.2) is 0 Å². The molecular weight excluding hydrogens is 420 g/mol. The summed E-state index contributed by atoms with van der Waals surface area (Å²) in [4.78, 5) is 0. The Labute approximate surface area is 126 Å². The van der Waals surface area contributed by atoms with E-state index in [4.69, 9.17) is 0 Å². The van der Waals surface area contributed by atoms with Gasteiger partial charge in [-0.1, -0.05) is 0 Å². The molecule has 0 N–H and O–H groups in total. The van der Waals surface area contributed by atoms with Crippen molar-refractivity contribution in [3.05, 3.63) is 40.7 Å². The van der Waals surface area contributed by atoms with Gasteiger partial charge in [-0.15, -0.1) is 0 Å². The molecule has 0 radical (unpaired) electrons. The van der Waals surface area contributed by atoms with E-state index in [1.165, 1.54) is 0 Å². The van der Waals surface area contributed by atoms with Gasteiger partial charge < -0.3 is 0 Å². The number of halogens is 8. The van der Waals surface area contributed by atoms with Crippen LogP contribution < -0.4 is 1.66 Å². The van der Waals surface area contributed by atoms with Gasteiger partial charge in [0.25, 0.3) is 0 Å². The second-order valence-electron chi connectivity index (χ2n) is 3.56. The minimum atomic E-state index is -2.31. The molecule has 0 atom stereocenters. The zero-order valence-electron chi connectivity index (χ0n) is 8.73. The maximum absolute atomic E-state index is 13.8. The molecule has 2 rings (SSSR count). The summed E-state index contributed by atoms with van der Waals surface area (Å²) in [6.07, 6.45) is 0. The molecule has 19 heavy (non-hydrogen) atoms. The molecule has 0 amide bonds. The van der Waals surface area contributed by atoms with Crippen molar-refractivity contribution in [1.29, 1.82) is 0 Å². The van der Waals surface area contributed by atoms with E-state index in [1.807, 2.05) is 0 Å². The molecular formula is C10CaF7I. The molecule has 0 aliphatic rings. The summed E-state index contributed by atoms with van der Waals surface area (Å²) in [5, 5.41) is -2.95. The monoisotopic (exact) mass is 420 g/mol. The first kappa shape index (κ1) is 15.6. The number of hydrogen-bond acceptors (Lipinski definition) is 0. The third-order valence-electron chi connectivity index (χ3n) is 2.56. The summed E-state index contributed by atoms with van der Waals surface area (Å²) in [6, 6.07) is 0. The van der Waals surface area contributed by atoms with E-state index in [1.54, 1.807) is 15.0 Å². The Morgan fingerprint density at radius 2 is 0.895 bits per heavy atom. The summed E-state index contributed by atoms with van der Waals surface area (Å²) < 4.78 is 92.9. The fourth-order valence-corrected chi connectivity index (χ4v) is 5.30. The molecule has 0 fully saturated rings. The summed E-state index contributed by atoms with van der Waals surface area (Å²) in [5.74, 6) is -14.0. The number of rotatable bonds is 1. The molecule has 0 unspecified atom stereocenters. The van der Waals surface area contributed by atoms with Crippen molar-refractivity contribution < 1.29 is 30.7 Å². The van der Waals surface area contributed by atoms with E-state index in [-0.39, 0.29) is 0 Å². The van der Waals surface area contributed by atoms with Crippen molar-refractivity contribution in [2.45, 2.75) is 0 Å². The second-order valence-corrected chi connectivity index (χ2v) is 8.23. The van der Waals surface area contributed by atoms with Crippen LogP contribution in [-0.4, -0.2) is 28.6 Å². The Kier molecular flexibility index (Phi) is 4.54. The molecule has 0 aliphatic carbocycles. The molecule has 0 aromatic heterocycles. The molecule has 0 aliphatic heterocycles. The Morgan fingerprint density at radius 3 is 1.32 bits per heavy atom. The van der Waals surface area contributed by atoms with Crippen LogP contribution in [0.25, 0.3) is 10.8 Å². The molecule has 0 saturated heterocycles. The third kappa shape index (κ3) is 2.24. The van der Waals surface area contributed by atoms with Crippen molar-refractivity contribution in [2.75, 3.05) is 0 Å². The molecule has 0 spiro atoms. The van der Waals surface area contributed by atoms with E-state index in [9.17, 15) is 30.7 Å². The fraction of sp³-hybridized carbons (Fsp3) is 0. The third-order valence-corrected chi connectivity index (χ3v) is 7.09. The Morgan fingerprint density at radius 1 is 0.526 bits per heavy atom. The van der Waals surface area contributed by atoms with Gasteiger partial charge >= 0.3 is 128 Å². The summed E-state index contributed by atoms with van der Waals surface area (Å²) in [7, 11) is 0. The second kappa shape index (κ2) is 5.53. The van der Waals surface area contributed by atoms with Crippen LogP contribution >= 0.6 is 15.0 Å². The van der Waals surface area contributed by atoms with Gasteiger partial charge in [0.05, 0.1) is 0 Å². The molecule has 0 nitrogen and oxygen atoms in total. The van der Waals surface area contributed by atoms with E-state index < -0.39 is 81.8 Å². The van der Waals surface area contributed by atoms with E-state index in [2.05, 4.69) is 0 Å². The predicted octanol–water partition coefficient (Wildman–Crippen LogP) is 3.49. The van der Waals surface area contributed by atoms with Crippen LogP contribution in [0, 0.1) is 40.7 Å². The quantitative estimate of drug-likeness (QED) is 0.218. The van der Waals surface area contributed by atoms with Crippen LogP contribution in [0.1, 0.15) is 0 Å². The van der Waals surface area contributed by atoms with Crippen molar-refractivity contribution in [3.8, 4) is 0 Å². The number of benzene rings is 2. The van der Waals surface area contributed by atoms with Gasteiger partial charge in [-0.05, 0) is 0 Å². The van der Waals surface area contributed by atoms with Gasteiger partial charge in [-0.2, -0.15) is 0 Å². The SMILES string of the molecule is Fc1c(F)c(F)c2c(F)[c]([Ca][I])c(F)c(F)c2c1F. The predicted molar refractivity (Wildman–Crippen MR) is 63.1 cm³/mol. The average Bonchev–Trinajstić information content (AvgIpc) is 2.38. The molecule has 0 saturated carbocycles. The van der Waals surface area contributed by atoms with Crippen molar-refractivity contribution in [1.82, 2.24) is 0 Å². The van der Waals surface area contributed by atoms with Crippen LogP contribution in [0.5, 0.6) is 0 Å². The zero-order valence-corrected chi connectivity index (χ0v) is 13.1. The van der Waals surface area contributed by atoms with E-state index >= 15 is 0 Å². The van der Waals surface area contributed by atoms with Crippen LogP contribution in [0.2, 0.25) is 0 Å². The normalized spacial score (nSPS) is 10.9. The summed E-state index contributed by atoms with van der Waals surface area (Å²) in [5.41, 5.74) is 0. The molecule has 0 heterocycles. The number of hydrogen-bond donors (Lipinski definition) is 0. The van der Waals surface area contributed by atoms with Gasteiger partial charge in [-0.25, -0.2) is 0 Å². The average molecular weight is 420 g/mol. The van der Waals surface area contributed by atoms with Crippen molar-refractivity contribution >= 4 is 56.1 Å². The van der Waals surface area contributed by atoms with Crippen molar-refractivity contribution in [2.24, 2.45) is 0 Å². The van der Waals surface area contributed by atoms with Gasteiger partial charge in [0.15, 0.2) is 0 Å². The van der Waals surface area contributed by atoms with Gasteiger partial charge in [0, 0.05) is 0 Å². The molecule has 98 valence electrons. The first-order valence-electron chi connectivity index (χ1n) is 4.69. The number of fused-ring (bicyclic) bond motifs is 1. The molecule has 2 aromatic carbocycles.